The number of hydrogen-bond acceptors (Lipinski definition) is 3. The fraction of sp³-hybridized carbons (Fsp3) is 0.296. The molecule has 1 amide bonds. The normalized spacial score (nSPS) is 22.1. The zero-order chi connectivity index (χ0) is 23.5. The van der Waals surface area contributed by atoms with Crippen molar-refractivity contribution in [3.05, 3.63) is 93.5 Å². The number of aromatic amines is 1. The SMILES string of the molecule is Cc1[nH]n(-c2ccccc2)c(=O)c1C1(C)C(=O)N(c2ccccc2)C2=C1C(=O)CC(C)(C)C2. The number of para-hydroxylation sites is 2. The monoisotopic (exact) mass is 441 g/mol. The molecule has 0 saturated heterocycles. The Bertz CT molecular complexity index is 1360. The van der Waals surface area contributed by atoms with Crippen molar-refractivity contribution >= 4 is 17.4 Å². The molecule has 0 bridgehead atoms. The fourth-order valence-corrected chi connectivity index (χ4v) is 5.48. The molecule has 168 valence electrons. The molecule has 1 aliphatic carbocycles. The molecule has 0 saturated carbocycles. The number of aromatic nitrogens is 2. The third-order valence-corrected chi connectivity index (χ3v) is 6.85. The second-order valence-electron chi connectivity index (χ2n) is 9.95. The Morgan fingerprint density at radius 3 is 2.00 bits per heavy atom. The van der Waals surface area contributed by atoms with Gasteiger partial charge in [-0.1, -0.05) is 50.2 Å². The average molecular weight is 442 g/mol. The highest BCUT2D eigenvalue weighted by molar-refractivity contribution is 6.19. The van der Waals surface area contributed by atoms with Crippen molar-refractivity contribution in [1.29, 1.82) is 0 Å². The minimum Gasteiger partial charge on any atom is -0.295 e. The molecule has 1 N–H and O–H groups in total. The Morgan fingerprint density at radius 1 is 0.818 bits per heavy atom. The largest absolute Gasteiger partial charge is 0.295 e. The van der Waals surface area contributed by atoms with E-state index in [-0.39, 0.29) is 22.7 Å². The summed E-state index contributed by atoms with van der Waals surface area (Å²) in [5.41, 5.74) is 1.51. The van der Waals surface area contributed by atoms with Gasteiger partial charge in [0.25, 0.3) is 5.56 Å². The third-order valence-electron chi connectivity index (χ3n) is 6.85. The van der Waals surface area contributed by atoms with Crippen LogP contribution in [0.15, 0.2) is 76.7 Å². The van der Waals surface area contributed by atoms with Crippen LogP contribution < -0.4 is 10.5 Å². The number of hydrogen-bond donors (Lipinski definition) is 1. The number of carbonyl (C=O) groups is 2. The molecular weight excluding hydrogens is 414 g/mol. The van der Waals surface area contributed by atoms with Gasteiger partial charge in [0.05, 0.1) is 11.3 Å². The molecule has 1 aromatic heterocycles. The van der Waals surface area contributed by atoms with Crippen LogP contribution in [0.2, 0.25) is 0 Å². The number of amides is 1. The molecule has 6 heteroatoms. The number of H-pyrrole nitrogens is 1. The van der Waals surface area contributed by atoms with Gasteiger partial charge in [-0.2, -0.15) is 0 Å². The van der Waals surface area contributed by atoms with Gasteiger partial charge < -0.3 is 0 Å². The number of aryl methyl sites for hydroxylation is 1. The molecular formula is C27H27N3O3. The molecule has 2 heterocycles. The predicted molar refractivity (Wildman–Crippen MR) is 127 cm³/mol. The van der Waals surface area contributed by atoms with E-state index in [2.05, 4.69) is 5.10 Å². The van der Waals surface area contributed by atoms with Gasteiger partial charge in [0.1, 0.15) is 5.41 Å². The van der Waals surface area contributed by atoms with E-state index >= 15 is 0 Å². The quantitative estimate of drug-likeness (QED) is 0.654. The maximum atomic E-state index is 14.2. The highest BCUT2D eigenvalue weighted by Crippen LogP contribution is 2.52. The zero-order valence-corrected chi connectivity index (χ0v) is 19.3. The summed E-state index contributed by atoms with van der Waals surface area (Å²) in [5, 5.41) is 3.13. The number of nitrogens with zero attached hydrogens (tertiary/aromatic N) is 2. The van der Waals surface area contributed by atoms with Gasteiger partial charge in [0.15, 0.2) is 5.78 Å². The van der Waals surface area contributed by atoms with Gasteiger partial charge in [0.2, 0.25) is 5.91 Å². The highest BCUT2D eigenvalue weighted by Gasteiger charge is 2.58. The van der Waals surface area contributed by atoms with Crippen LogP contribution in [0.25, 0.3) is 5.69 Å². The molecule has 0 fully saturated rings. The number of carbonyl (C=O) groups excluding carboxylic acids is 2. The molecule has 6 nitrogen and oxygen atoms in total. The molecule has 2 aliphatic rings. The number of allylic oxidation sites excluding steroid dienone is 1. The number of nitrogens with one attached hydrogen (secondary N) is 1. The van der Waals surface area contributed by atoms with Crippen molar-refractivity contribution in [2.75, 3.05) is 4.90 Å². The topological polar surface area (TPSA) is 75.2 Å². The lowest BCUT2D eigenvalue weighted by Crippen LogP contribution is -2.43. The van der Waals surface area contributed by atoms with E-state index in [0.717, 1.165) is 0 Å². The molecule has 2 aromatic carbocycles. The molecule has 3 aromatic rings. The Balaban J connectivity index is 1.77. The number of benzene rings is 2. The summed E-state index contributed by atoms with van der Waals surface area (Å²) >= 11 is 0. The fourth-order valence-electron chi connectivity index (χ4n) is 5.48. The van der Waals surface area contributed by atoms with Crippen molar-refractivity contribution in [2.45, 2.75) is 46.0 Å². The summed E-state index contributed by atoms with van der Waals surface area (Å²) in [6.45, 7) is 7.61. The number of rotatable bonds is 3. The van der Waals surface area contributed by atoms with Gasteiger partial charge in [-0.05, 0) is 49.9 Å². The molecule has 5 rings (SSSR count). The smallest absolute Gasteiger partial charge is 0.276 e. The maximum Gasteiger partial charge on any atom is 0.276 e. The van der Waals surface area contributed by atoms with E-state index in [1.807, 2.05) is 74.5 Å². The van der Waals surface area contributed by atoms with Crippen LogP contribution in [-0.4, -0.2) is 21.5 Å². The van der Waals surface area contributed by atoms with Gasteiger partial charge in [0, 0.05) is 29.1 Å². The van der Waals surface area contributed by atoms with E-state index in [1.165, 1.54) is 4.68 Å². The number of Topliss-reactive ketones (excluding diaryl/α,β-unsaturated/α-hetero) is 1. The van der Waals surface area contributed by atoms with Crippen LogP contribution in [0.4, 0.5) is 5.69 Å². The lowest BCUT2D eigenvalue weighted by atomic mass is 9.68. The van der Waals surface area contributed by atoms with E-state index in [0.29, 0.717) is 46.7 Å². The van der Waals surface area contributed by atoms with E-state index < -0.39 is 5.41 Å². The summed E-state index contributed by atoms with van der Waals surface area (Å²) in [4.78, 5) is 43.1. The molecule has 0 radical (unpaired) electrons. The maximum absolute atomic E-state index is 14.2. The standard InChI is InChI=1S/C27H27N3O3/c1-17-22(24(32)30(28-17)19-13-9-6-10-14-19)27(4)23-20(15-26(2,3)16-21(23)31)29(25(27)33)18-11-7-5-8-12-18/h5-14,28H,15-16H2,1-4H3. The van der Waals surface area contributed by atoms with Crippen LogP contribution >= 0.6 is 0 Å². The van der Waals surface area contributed by atoms with Crippen molar-refractivity contribution in [2.24, 2.45) is 5.41 Å². The first-order valence-corrected chi connectivity index (χ1v) is 11.2. The molecule has 1 aliphatic heterocycles. The lowest BCUT2D eigenvalue weighted by molar-refractivity contribution is -0.124. The second kappa shape index (κ2) is 7.17. The number of anilines is 1. The van der Waals surface area contributed by atoms with Crippen LogP contribution in [0.1, 0.15) is 44.9 Å². The van der Waals surface area contributed by atoms with Crippen LogP contribution in [-0.2, 0) is 15.0 Å². The Hall–Kier alpha value is -3.67. The van der Waals surface area contributed by atoms with Crippen molar-refractivity contribution < 1.29 is 9.59 Å². The zero-order valence-electron chi connectivity index (χ0n) is 19.3. The van der Waals surface area contributed by atoms with E-state index in [1.54, 1.807) is 18.7 Å². The summed E-state index contributed by atoms with van der Waals surface area (Å²) in [6.07, 6.45) is 0.925. The van der Waals surface area contributed by atoms with Gasteiger partial charge >= 0.3 is 0 Å². The molecule has 0 spiro atoms. The number of ketones is 1. The minimum atomic E-state index is -1.36. The summed E-state index contributed by atoms with van der Waals surface area (Å²) in [6, 6.07) is 18.6. The van der Waals surface area contributed by atoms with Crippen LogP contribution in [0.3, 0.4) is 0 Å². The second-order valence-corrected chi connectivity index (χ2v) is 9.95. The van der Waals surface area contributed by atoms with Crippen LogP contribution in [0, 0.1) is 12.3 Å². The van der Waals surface area contributed by atoms with Crippen molar-refractivity contribution in [3.63, 3.8) is 0 Å². The highest BCUT2D eigenvalue weighted by atomic mass is 16.2. The Kier molecular flexibility index (Phi) is 4.60. The Morgan fingerprint density at radius 2 is 1.39 bits per heavy atom. The van der Waals surface area contributed by atoms with Gasteiger partial charge in [-0.3, -0.25) is 24.4 Å². The van der Waals surface area contributed by atoms with Gasteiger partial charge in [-0.15, -0.1) is 0 Å². The third kappa shape index (κ3) is 3.04. The molecule has 1 atom stereocenters. The first-order valence-electron chi connectivity index (χ1n) is 11.2. The first kappa shape index (κ1) is 21.2. The van der Waals surface area contributed by atoms with Gasteiger partial charge in [-0.25, -0.2) is 4.68 Å². The Labute approximate surface area is 192 Å². The van der Waals surface area contributed by atoms with Crippen LogP contribution in [0.5, 0.6) is 0 Å². The van der Waals surface area contributed by atoms with Crippen molar-refractivity contribution in [3.8, 4) is 5.69 Å². The minimum absolute atomic E-state index is 0.0678. The van der Waals surface area contributed by atoms with E-state index in [9.17, 15) is 14.4 Å². The van der Waals surface area contributed by atoms with Crippen molar-refractivity contribution in [1.82, 2.24) is 9.78 Å². The van der Waals surface area contributed by atoms with E-state index in [4.69, 9.17) is 0 Å². The first-order chi connectivity index (χ1) is 15.6. The summed E-state index contributed by atoms with van der Waals surface area (Å²) in [5.74, 6) is -0.328. The molecule has 1 unspecified atom stereocenters. The molecule has 33 heavy (non-hydrogen) atoms. The lowest BCUT2D eigenvalue weighted by Gasteiger charge is -2.33. The average Bonchev–Trinajstić information content (AvgIpc) is 3.19. The summed E-state index contributed by atoms with van der Waals surface area (Å²) < 4.78 is 1.45. The summed E-state index contributed by atoms with van der Waals surface area (Å²) in [7, 11) is 0. The predicted octanol–water partition coefficient (Wildman–Crippen LogP) is 4.42.